The fourth-order valence-corrected chi connectivity index (χ4v) is 4.47. The zero-order chi connectivity index (χ0) is 21.1. The molecule has 150 valence electrons. The Labute approximate surface area is 177 Å². The number of benzene rings is 2. The second-order valence-electron chi connectivity index (χ2n) is 6.78. The Hall–Kier alpha value is -3.51. The molecule has 0 N–H and O–H groups in total. The normalized spacial score (nSPS) is 16.5. The number of fused-ring (bicyclic) bond motifs is 1. The van der Waals surface area contributed by atoms with Crippen LogP contribution in [-0.2, 0) is 9.53 Å². The predicted molar refractivity (Wildman–Crippen MR) is 119 cm³/mol. The van der Waals surface area contributed by atoms with E-state index in [9.17, 15) is 9.59 Å². The number of thiazole rings is 1. The van der Waals surface area contributed by atoms with Crippen LogP contribution in [0.2, 0.25) is 0 Å². The van der Waals surface area contributed by atoms with E-state index in [1.165, 1.54) is 18.4 Å². The Kier molecular flexibility index (Phi) is 5.59. The number of methoxy groups -OCH3 is 1. The van der Waals surface area contributed by atoms with Crippen LogP contribution in [0.25, 0.3) is 12.2 Å². The molecule has 0 spiro atoms. The molecular formula is C24H20N2O3S. The van der Waals surface area contributed by atoms with Crippen molar-refractivity contribution < 1.29 is 9.53 Å². The standard InChI is InChI=1S/C24H20N2O3S/c1-16-20(23(28)29-2)21(18-13-7-4-8-14-18)26-22(27)19(30-24(26)25-16)15-9-12-17-10-5-3-6-11-17/h3-15,21H,1-2H3/b12-9-,19-15?/t21-/m0/s1. The van der Waals surface area contributed by atoms with Crippen LogP contribution in [0, 0.1) is 0 Å². The summed E-state index contributed by atoms with van der Waals surface area (Å²) in [4.78, 5) is 30.9. The van der Waals surface area contributed by atoms with Crippen molar-refractivity contribution in [3.63, 3.8) is 0 Å². The SMILES string of the molecule is COC(=O)C1=C(C)N=c2sc(=C/C=C\c3ccccc3)c(=O)n2[C@H]1c1ccccc1. The van der Waals surface area contributed by atoms with E-state index in [0.29, 0.717) is 20.6 Å². The molecule has 0 unspecified atom stereocenters. The second kappa shape index (κ2) is 8.47. The summed E-state index contributed by atoms with van der Waals surface area (Å²) in [6, 6.07) is 18.8. The number of allylic oxidation sites excluding steroid dienone is 2. The number of hydrogen-bond acceptors (Lipinski definition) is 5. The van der Waals surface area contributed by atoms with Gasteiger partial charge in [-0.15, -0.1) is 0 Å². The molecule has 6 heteroatoms. The summed E-state index contributed by atoms with van der Waals surface area (Å²) in [5.74, 6) is -0.483. The highest BCUT2D eigenvalue weighted by atomic mass is 32.1. The summed E-state index contributed by atoms with van der Waals surface area (Å²) in [5.41, 5.74) is 2.64. The Bertz CT molecular complexity index is 1320. The topological polar surface area (TPSA) is 60.7 Å². The fraction of sp³-hybridized carbons (Fsp3) is 0.125. The molecule has 5 nitrogen and oxygen atoms in total. The predicted octanol–water partition coefficient (Wildman–Crippen LogP) is 3.07. The van der Waals surface area contributed by atoms with Crippen molar-refractivity contribution in [1.82, 2.24) is 4.57 Å². The highest BCUT2D eigenvalue weighted by Crippen LogP contribution is 2.30. The largest absolute Gasteiger partial charge is 0.466 e. The Morgan fingerprint density at radius 2 is 1.77 bits per heavy atom. The van der Waals surface area contributed by atoms with Crippen molar-refractivity contribution in [3.8, 4) is 0 Å². The lowest BCUT2D eigenvalue weighted by Gasteiger charge is -2.24. The first-order valence-electron chi connectivity index (χ1n) is 9.47. The lowest BCUT2D eigenvalue weighted by Crippen LogP contribution is -2.39. The molecule has 2 heterocycles. The summed E-state index contributed by atoms with van der Waals surface area (Å²) < 4.78 is 7.14. The van der Waals surface area contributed by atoms with Gasteiger partial charge in [0.15, 0.2) is 4.80 Å². The second-order valence-corrected chi connectivity index (χ2v) is 7.79. The number of ether oxygens (including phenoxy) is 1. The average molecular weight is 417 g/mol. The maximum Gasteiger partial charge on any atom is 0.338 e. The minimum absolute atomic E-state index is 0.181. The number of carbonyl (C=O) groups excluding carboxylic acids is 1. The van der Waals surface area contributed by atoms with Gasteiger partial charge in [0.1, 0.15) is 0 Å². The molecule has 0 saturated carbocycles. The van der Waals surface area contributed by atoms with Crippen LogP contribution >= 0.6 is 11.3 Å². The van der Waals surface area contributed by atoms with Gasteiger partial charge in [-0.3, -0.25) is 9.36 Å². The van der Waals surface area contributed by atoms with Gasteiger partial charge in [0.2, 0.25) is 0 Å². The summed E-state index contributed by atoms with van der Waals surface area (Å²) in [6.07, 6.45) is 5.58. The molecule has 1 aromatic heterocycles. The van der Waals surface area contributed by atoms with Crippen molar-refractivity contribution in [1.29, 1.82) is 0 Å². The summed E-state index contributed by atoms with van der Waals surface area (Å²) in [5, 5.41) is 0. The van der Waals surface area contributed by atoms with Crippen LogP contribution in [0.5, 0.6) is 0 Å². The van der Waals surface area contributed by atoms with E-state index in [4.69, 9.17) is 4.74 Å². The van der Waals surface area contributed by atoms with E-state index < -0.39 is 12.0 Å². The first-order chi connectivity index (χ1) is 14.6. The fourth-order valence-electron chi connectivity index (χ4n) is 3.47. The molecule has 1 atom stereocenters. The van der Waals surface area contributed by atoms with Gasteiger partial charge in [0, 0.05) is 0 Å². The summed E-state index contributed by atoms with van der Waals surface area (Å²) in [6.45, 7) is 1.77. The highest BCUT2D eigenvalue weighted by Gasteiger charge is 2.32. The van der Waals surface area contributed by atoms with E-state index in [1.54, 1.807) is 17.6 Å². The Balaban J connectivity index is 1.87. The van der Waals surface area contributed by atoms with Crippen LogP contribution in [0.1, 0.15) is 24.1 Å². The number of esters is 1. The van der Waals surface area contributed by atoms with Crippen molar-refractivity contribution in [3.05, 3.63) is 109 Å². The minimum Gasteiger partial charge on any atom is -0.466 e. The monoisotopic (exact) mass is 416 g/mol. The molecule has 3 aromatic rings. The van der Waals surface area contributed by atoms with E-state index in [-0.39, 0.29) is 5.56 Å². The molecular weight excluding hydrogens is 396 g/mol. The Morgan fingerprint density at radius 3 is 2.43 bits per heavy atom. The highest BCUT2D eigenvalue weighted by molar-refractivity contribution is 7.07. The van der Waals surface area contributed by atoms with E-state index >= 15 is 0 Å². The maximum absolute atomic E-state index is 13.3. The third kappa shape index (κ3) is 3.69. The van der Waals surface area contributed by atoms with E-state index in [0.717, 1.165) is 11.1 Å². The van der Waals surface area contributed by atoms with Crippen molar-refractivity contribution in [2.75, 3.05) is 7.11 Å². The quantitative estimate of drug-likeness (QED) is 0.614. The summed E-state index contributed by atoms with van der Waals surface area (Å²) in [7, 11) is 1.34. The van der Waals surface area contributed by atoms with Gasteiger partial charge in [0.05, 0.1) is 29.0 Å². The number of carbonyl (C=O) groups is 1. The molecule has 2 aromatic carbocycles. The van der Waals surface area contributed by atoms with Crippen LogP contribution in [0.15, 0.2) is 87.8 Å². The van der Waals surface area contributed by atoms with Crippen LogP contribution in [-0.4, -0.2) is 17.6 Å². The van der Waals surface area contributed by atoms with Gasteiger partial charge in [-0.05, 0) is 24.1 Å². The molecule has 0 radical (unpaired) electrons. The van der Waals surface area contributed by atoms with Crippen LogP contribution in [0.4, 0.5) is 0 Å². The molecule has 0 saturated heterocycles. The lowest BCUT2D eigenvalue weighted by atomic mass is 9.96. The molecule has 0 fully saturated rings. The molecule has 0 aliphatic carbocycles. The smallest absolute Gasteiger partial charge is 0.338 e. The van der Waals surface area contributed by atoms with Crippen molar-refractivity contribution in [2.24, 2.45) is 4.99 Å². The van der Waals surface area contributed by atoms with Gasteiger partial charge in [0.25, 0.3) is 5.56 Å². The zero-order valence-electron chi connectivity index (χ0n) is 16.6. The van der Waals surface area contributed by atoms with Gasteiger partial charge in [-0.2, -0.15) is 0 Å². The van der Waals surface area contributed by atoms with Gasteiger partial charge >= 0.3 is 5.97 Å². The lowest BCUT2D eigenvalue weighted by molar-refractivity contribution is -0.136. The summed E-state index contributed by atoms with van der Waals surface area (Å²) >= 11 is 1.31. The van der Waals surface area contributed by atoms with Gasteiger partial charge in [-0.1, -0.05) is 84.2 Å². The molecule has 1 aliphatic rings. The molecule has 0 amide bonds. The Morgan fingerprint density at radius 1 is 1.10 bits per heavy atom. The molecule has 4 rings (SSSR count). The van der Waals surface area contributed by atoms with Gasteiger partial charge in [-0.25, -0.2) is 9.79 Å². The first-order valence-corrected chi connectivity index (χ1v) is 10.3. The number of rotatable bonds is 4. The minimum atomic E-state index is -0.574. The third-order valence-electron chi connectivity index (χ3n) is 4.88. The number of nitrogens with zero attached hydrogens (tertiary/aromatic N) is 2. The average Bonchev–Trinajstić information content (AvgIpc) is 3.08. The zero-order valence-corrected chi connectivity index (χ0v) is 17.4. The van der Waals surface area contributed by atoms with E-state index in [1.807, 2.05) is 72.8 Å². The van der Waals surface area contributed by atoms with E-state index in [2.05, 4.69) is 4.99 Å². The van der Waals surface area contributed by atoms with Crippen LogP contribution < -0.4 is 14.9 Å². The van der Waals surface area contributed by atoms with Crippen LogP contribution in [0.3, 0.4) is 0 Å². The van der Waals surface area contributed by atoms with Crippen molar-refractivity contribution in [2.45, 2.75) is 13.0 Å². The van der Waals surface area contributed by atoms with Gasteiger partial charge < -0.3 is 4.74 Å². The molecule has 0 bridgehead atoms. The molecule has 1 aliphatic heterocycles. The number of hydrogen-bond donors (Lipinski definition) is 0. The van der Waals surface area contributed by atoms with Crippen molar-refractivity contribution >= 4 is 29.5 Å². The maximum atomic E-state index is 13.3. The number of aromatic nitrogens is 1. The first kappa shape index (κ1) is 19.8. The molecule has 30 heavy (non-hydrogen) atoms. The third-order valence-corrected chi connectivity index (χ3v) is 5.88.